The highest BCUT2D eigenvalue weighted by molar-refractivity contribution is 5.77. The number of rotatable bonds is 5. The Kier molecular flexibility index (Phi) is 5.55. The number of hydrogen-bond acceptors (Lipinski definition) is 5. The van der Waals surface area contributed by atoms with E-state index in [2.05, 4.69) is 22.5 Å². The van der Waals surface area contributed by atoms with Gasteiger partial charge in [-0.2, -0.15) is 0 Å². The van der Waals surface area contributed by atoms with Crippen LogP contribution in [0.2, 0.25) is 0 Å². The normalized spacial score (nSPS) is 35.4. The van der Waals surface area contributed by atoms with E-state index in [1.807, 2.05) is 22.9 Å². The first-order chi connectivity index (χ1) is 17.2. The predicted octanol–water partition coefficient (Wildman–Crippen LogP) is 0.804. The highest BCUT2D eigenvalue weighted by atomic mass is 19.3. The largest absolute Gasteiger partial charge is 0.349 e. The first kappa shape index (κ1) is 24.0. The topological polar surface area (TPSA) is 76.2 Å². The number of hydrogen-bond donors (Lipinski definition) is 3. The second-order valence-corrected chi connectivity index (χ2v) is 11.4. The summed E-state index contributed by atoms with van der Waals surface area (Å²) in [5.74, 6) is 0.574. The van der Waals surface area contributed by atoms with E-state index in [1.165, 1.54) is 11.1 Å². The minimum Gasteiger partial charge on any atom is -0.349 e. The van der Waals surface area contributed by atoms with Crippen LogP contribution in [0.1, 0.15) is 49.8 Å². The Morgan fingerprint density at radius 3 is 2.67 bits per heavy atom. The number of benzene rings is 1. The number of alkyl halides is 2. The molecule has 4 N–H and O–H groups in total. The average molecular weight is 500 g/mol. The lowest BCUT2D eigenvalue weighted by molar-refractivity contribution is -0.128. The molecular weight excluding hydrogens is 462 g/mol. The van der Waals surface area contributed by atoms with Gasteiger partial charge >= 0.3 is 0 Å². The molecule has 0 saturated carbocycles. The van der Waals surface area contributed by atoms with Crippen LogP contribution in [0.25, 0.3) is 0 Å². The monoisotopic (exact) mass is 499 g/mol. The van der Waals surface area contributed by atoms with Crippen LogP contribution in [0, 0.1) is 5.92 Å². The van der Waals surface area contributed by atoms with Gasteiger partial charge in [0.2, 0.25) is 5.91 Å². The Morgan fingerprint density at radius 1 is 1.28 bits per heavy atom. The second-order valence-electron chi connectivity index (χ2n) is 11.4. The number of nitrogens with one attached hydrogen (secondary N) is 2. The summed E-state index contributed by atoms with van der Waals surface area (Å²) in [7, 11) is 1.91. The Hall–Kier alpha value is -2.36. The van der Waals surface area contributed by atoms with Crippen molar-refractivity contribution in [3.05, 3.63) is 40.0 Å². The van der Waals surface area contributed by atoms with Crippen molar-refractivity contribution in [2.75, 3.05) is 51.2 Å². The Labute approximate surface area is 211 Å². The van der Waals surface area contributed by atoms with Gasteiger partial charge in [0.05, 0.1) is 0 Å². The number of halogens is 2. The van der Waals surface area contributed by atoms with Crippen LogP contribution >= 0.6 is 0 Å². The molecule has 0 bridgehead atoms. The summed E-state index contributed by atoms with van der Waals surface area (Å²) in [4.78, 5) is 18.5. The van der Waals surface area contributed by atoms with E-state index in [-0.39, 0.29) is 17.5 Å². The minimum atomic E-state index is -2.59. The van der Waals surface area contributed by atoms with E-state index < -0.39 is 17.6 Å². The van der Waals surface area contributed by atoms with Crippen molar-refractivity contribution < 1.29 is 19.0 Å². The third-order valence-electron chi connectivity index (χ3n) is 9.52. The second kappa shape index (κ2) is 8.33. The number of nitrogens with two attached hydrogens (primary N) is 1. The van der Waals surface area contributed by atoms with Gasteiger partial charge < -0.3 is 15.1 Å². The maximum Gasteiger partial charge on any atom is 0.264 e. The molecule has 5 heterocycles. The minimum absolute atomic E-state index is 0.0630. The highest BCUT2D eigenvalue weighted by Gasteiger charge is 2.55. The summed E-state index contributed by atoms with van der Waals surface area (Å²) >= 11 is 0. The van der Waals surface area contributed by atoms with Crippen LogP contribution in [-0.2, 0) is 16.8 Å². The number of amides is 1. The van der Waals surface area contributed by atoms with E-state index in [0.29, 0.717) is 24.6 Å². The number of fused-ring (bicyclic) bond motifs is 1. The third kappa shape index (κ3) is 3.39. The van der Waals surface area contributed by atoms with Crippen LogP contribution in [0.4, 0.5) is 14.5 Å². The quantitative estimate of drug-likeness (QED) is 0.318. The number of anilines is 1. The Bertz CT molecular complexity index is 1150. The summed E-state index contributed by atoms with van der Waals surface area (Å²) in [6, 6.07) is 3.92. The van der Waals surface area contributed by atoms with Crippen molar-refractivity contribution >= 4 is 17.8 Å². The molecule has 5 aliphatic rings. The molecule has 5 unspecified atom stereocenters. The van der Waals surface area contributed by atoms with Crippen molar-refractivity contribution in [2.45, 2.75) is 56.8 Å². The predicted molar refractivity (Wildman–Crippen MR) is 135 cm³/mol. The summed E-state index contributed by atoms with van der Waals surface area (Å²) in [6.45, 7) is 8.53. The molecule has 5 atom stereocenters. The van der Waals surface area contributed by atoms with Gasteiger partial charge in [-0.1, -0.05) is 6.07 Å². The highest BCUT2D eigenvalue weighted by Crippen LogP contribution is 2.49. The maximum atomic E-state index is 14.4. The van der Waals surface area contributed by atoms with Gasteiger partial charge in [-0.25, -0.2) is 8.78 Å². The van der Waals surface area contributed by atoms with E-state index in [1.54, 1.807) is 19.2 Å². The van der Waals surface area contributed by atoms with E-state index in [0.717, 1.165) is 56.7 Å². The van der Waals surface area contributed by atoms with Crippen LogP contribution in [0.5, 0.6) is 0 Å². The molecule has 0 aromatic heterocycles. The Morgan fingerprint density at radius 2 is 2.06 bits per heavy atom. The molecule has 1 aromatic rings. The van der Waals surface area contributed by atoms with Gasteiger partial charge in [-0.05, 0) is 80.6 Å². The lowest BCUT2D eigenvalue weighted by atomic mass is 9.87. The van der Waals surface area contributed by atoms with Crippen molar-refractivity contribution in [3.8, 4) is 0 Å². The van der Waals surface area contributed by atoms with Crippen LogP contribution in [0.3, 0.4) is 0 Å². The third-order valence-corrected chi connectivity index (χ3v) is 9.52. The van der Waals surface area contributed by atoms with Gasteiger partial charge in [-0.15, -0.1) is 0 Å². The standard InChI is InChI=1S/C27H36F2N6O/c1-16(36)34-8-6-19-22(13-34)26(2,32-24(19)18-4-7-31-12-18)35-9-5-17-10-21(27(14-30)15-33(27)3)20(25(28)29)11-23(17)35/h10-11,14,18,24-25,30-32H,4-9,12-13,15H2,1-3H3/p+1. The molecule has 194 valence electrons. The summed E-state index contributed by atoms with van der Waals surface area (Å²) in [6.07, 6.45) is 1.74. The van der Waals surface area contributed by atoms with Crippen LogP contribution in [-0.4, -0.2) is 79.9 Å². The number of carbonyl (C=O) groups is 1. The molecule has 2 fully saturated rings. The zero-order valence-electron chi connectivity index (χ0n) is 21.4. The number of carbonyl (C=O) groups excluding carboxylic acids is 1. The first-order valence-corrected chi connectivity index (χ1v) is 13.2. The van der Waals surface area contributed by atoms with Gasteiger partial charge in [0.25, 0.3) is 6.43 Å². The lowest BCUT2D eigenvalue weighted by Crippen LogP contribution is -2.59. The van der Waals surface area contributed by atoms with E-state index in [9.17, 15) is 13.6 Å². The van der Waals surface area contributed by atoms with Crippen LogP contribution in [0.15, 0.2) is 23.3 Å². The smallest absolute Gasteiger partial charge is 0.264 e. The zero-order valence-corrected chi connectivity index (χ0v) is 21.4. The van der Waals surface area contributed by atoms with Crippen molar-refractivity contribution in [3.63, 3.8) is 0 Å². The summed E-state index contributed by atoms with van der Waals surface area (Å²) < 4.78 is 28.8. The zero-order chi connectivity index (χ0) is 25.4. The molecule has 0 radical (unpaired) electrons. The molecular formula is C27H37F2N6O+. The molecule has 7 nitrogen and oxygen atoms in total. The molecule has 0 spiro atoms. The van der Waals surface area contributed by atoms with Crippen molar-refractivity contribution in [2.24, 2.45) is 5.92 Å². The molecule has 6 rings (SSSR count). The fraction of sp³-hybridized carbons (Fsp3) is 0.630. The molecule has 2 saturated heterocycles. The van der Waals surface area contributed by atoms with E-state index >= 15 is 0 Å². The first-order valence-electron chi connectivity index (χ1n) is 13.2. The molecule has 5 aliphatic heterocycles. The average Bonchev–Trinajstić information content (AvgIpc) is 3.28. The van der Waals surface area contributed by atoms with Crippen molar-refractivity contribution in [1.82, 2.24) is 20.4 Å². The Balaban J connectivity index is 1.42. The molecule has 9 heteroatoms. The fourth-order valence-electron chi connectivity index (χ4n) is 7.30. The van der Waals surface area contributed by atoms with Gasteiger partial charge in [0, 0.05) is 50.4 Å². The molecule has 36 heavy (non-hydrogen) atoms. The molecule has 0 aliphatic carbocycles. The molecule has 1 aromatic carbocycles. The van der Waals surface area contributed by atoms with Gasteiger partial charge in [0.15, 0.2) is 6.21 Å². The number of nitrogens with zero attached hydrogens (tertiary/aromatic N) is 3. The van der Waals surface area contributed by atoms with Crippen molar-refractivity contribution in [1.29, 1.82) is 0 Å². The molecule has 1 amide bonds. The summed E-state index contributed by atoms with van der Waals surface area (Å²) in [5, 5.41) is 13.4. The van der Waals surface area contributed by atoms with E-state index in [4.69, 9.17) is 5.41 Å². The fourth-order valence-corrected chi connectivity index (χ4v) is 7.30. The SMILES string of the molecule is CC(=O)N1CCC2=C(C1)C(C)(N1CCc3cc(C4(C=[NH2+])CN4C)c(C(F)F)cc31)NC2C1CCNC1. The van der Waals surface area contributed by atoms with Gasteiger partial charge in [-0.3, -0.25) is 20.4 Å². The summed E-state index contributed by atoms with van der Waals surface area (Å²) in [5.41, 5.74) is 4.17. The lowest BCUT2D eigenvalue weighted by Gasteiger charge is -2.43. The van der Waals surface area contributed by atoms with Crippen LogP contribution < -0.4 is 20.9 Å². The number of likely N-dealkylation sites (N-methyl/N-ethyl adjacent to an activating group) is 1. The van der Waals surface area contributed by atoms with Gasteiger partial charge in [0.1, 0.15) is 11.2 Å². The maximum absolute atomic E-state index is 14.4.